The minimum absolute atomic E-state index is 0.185. The minimum atomic E-state index is 0.185. The Kier molecular flexibility index (Phi) is 4.15. The Morgan fingerprint density at radius 3 is 2.81 bits per heavy atom. The van der Waals surface area contributed by atoms with Gasteiger partial charge in [0.25, 0.3) is 0 Å². The molecule has 2 unspecified atom stereocenters. The van der Waals surface area contributed by atoms with Crippen LogP contribution in [0.4, 0.5) is 0 Å². The molecule has 2 heterocycles. The highest BCUT2D eigenvalue weighted by molar-refractivity contribution is 5.36. The molecule has 3 rings (SSSR count). The summed E-state index contributed by atoms with van der Waals surface area (Å²) in [6, 6.07) is 8.35. The van der Waals surface area contributed by atoms with Crippen molar-refractivity contribution in [1.82, 2.24) is 9.97 Å². The monoisotopic (exact) mass is 283 g/mol. The number of rotatable bonds is 4. The maximum absolute atomic E-state index is 5.96. The van der Waals surface area contributed by atoms with Gasteiger partial charge in [-0.3, -0.25) is 0 Å². The molecule has 0 saturated heterocycles. The topological polar surface area (TPSA) is 61.0 Å². The summed E-state index contributed by atoms with van der Waals surface area (Å²) in [5, 5.41) is 0. The molecule has 2 atom stereocenters. The van der Waals surface area contributed by atoms with Crippen LogP contribution in [0.1, 0.15) is 36.2 Å². The molecular weight excluding hydrogens is 262 g/mol. The van der Waals surface area contributed by atoms with E-state index in [1.807, 2.05) is 30.6 Å². The van der Waals surface area contributed by atoms with Gasteiger partial charge >= 0.3 is 0 Å². The predicted octanol–water partition coefficient (Wildman–Crippen LogP) is 2.48. The van der Waals surface area contributed by atoms with Gasteiger partial charge in [-0.2, -0.15) is 0 Å². The van der Waals surface area contributed by atoms with Crippen molar-refractivity contribution in [2.24, 2.45) is 5.73 Å². The summed E-state index contributed by atoms with van der Waals surface area (Å²) in [7, 11) is 0. The van der Waals surface area contributed by atoms with Gasteiger partial charge in [0.05, 0.1) is 12.5 Å². The van der Waals surface area contributed by atoms with Crippen LogP contribution in [-0.4, -0.2) is 22.6 Å². The highest BCUT2D eigenvalue weighted by Crippen LogP contribution is 2.30. The zero-order valence-corrected chi connectivity index (χ0v) is 12.3. The second-order valence-corrected chi connectivity index (χ2v) is 5.64. The first kappa shape index (κ1) is 14.0. The summed E-state index contributed by atoms with van der Waals surface area (Å²) in [5.74, 6) is 2.08. The Morgan fingerprint density at radius 2 is 2.05 bits per heavy atom. The summed E-state index contributed by atoms with van der Waals surface area (Å²) >= 11 is 0. The first-order chi connectivity index (χ1) is 10.3. The van der Waals surface area contributed by atoms with E-state index in [4.69, 9.17) is 10.5 Å². The van der Waals surface area contributed by atoms with Crippen LogP contribution >= 0.6 is 0 Å². The number of hydrogen-bond donors (Lipinski definition) is 1. The van der Waals surface area contributed by atoms with E-state index in [-0.39, 0.29) is 12.0 Å². The quantitative estimate of drug-likeness (QED) is 0.936. The summed E-state index contributed by atoms with van der Waals surface area (Å²) in [6.07, 6.45) is 6.54. The SMILES string of the molecule is CCC(N)Cc1cnc(C2COc3ccccc3C2)nc1. The molecule has 2 aromatic rings. The second kappa shape index (κ2) is 6.22. The van der Waals surface area contributed by atoms with E-state index in [2.05, 4.69) is 23.0 Å². The third-order valence-electron chi connectivity index (χ3n) is 3.99. The largest absolute Gasteiger partial charge is 0.493 e. The lowest BCUT2D eigenvalue weighted by atomic mass is 9.96. The molecule has 0 saturated carbocycles. The third kappa shape index (κ3) is 3.22. The highest BCUT2D eigenvalue weighted by Gasteiger charge is 2.23. The van der Waals surface area contributed by atoms with E-state index in [9.17, 15) is 0 Å². The number of aromatic nitrogens is 2. The first-order valence-corrected chi connectivity index (χ1v) is 7.53. The fourth-order valence-electron chi connectivity index (χ4n) is 2.62. The van der Waals surface area contributed by atoms with E-state index in [1.165, 1.54) is 5.56 Å². The normalized spacial score (nSPS) is 18.7. The summed E-state index contributed by atoms with van der Waals surface area (Å²) in [5.41, 5.74) is 8.30. The molecule has 1 aliphatic rings. The van der Waals surface area contributed by atoms with Crippen molar-refractivity contribution >= 4 is 0 Å². The highest BCUT2D eigenvalue weighted by atomic mass is 16.5. The summed E-state index contributed by atoms with van der Waals surface area (Å²) < 4.78 is 5.80. The number of para-hydroxylation sites is 1. The molecule has 4 nitrogen and oxygen atoms in total. The van der Waals surface area contributed by atoms with Crippen molar-refractivity contribution in [3.05, 3.63) is 53.6 Å². The zero-order chi connectivity index (χ0) is 14.7. The third-order valence-corrected chi connectivity index (χ3v) is 3.99. The molecule has 0 spiro atoms. The second-order valence-electron chi connectivity index (χ2n) is 5.64. The molecule has 1 aromatic heterocycles. The molecule has 0 radical (unpaired) electrons. The standard InChI is InChI=1S/C17H21N3O/c1-2-15(18)7-12-9-19-17(20-10-12)14-8-13-5-3-4-6-16(13)21-11-14/h3-6,9-10,14-15H,2,7-8,11,18H2,1H3. The van der Waals surface area contributed by atoms with Gasteiger partial charge in [0.1, 0.15) is 11.6 Å². The van der Waals surface area contributed by atoms with Gasteiger partial charge in [0, 0.05) is 18.4 Å². The average Bonchev–Trinajstić information content (AvgIpc) is 2.55. The minimum Gasteiger partial charge on any atom is -0.493 e. The van der Waals surface area contributed by atoms with Gasteiger partial charge in [0.2, 0.25) is 0 Å². The van der Waals surface area contributed by atoms with E-state index in [1.54, 1.807) is 0 Å². The smallest absolute Gasteiger partial charge is 0.135 e. The maximum atomic E-state index is 5.96. The van der Waals surface area contributed by atoms with Crippen LogP contribution in [0.3, 0.4) is 0 Å². The van der Waals surface area contributed by atoms with Crippen molar-refractivity contribution in [3.63, 3.8) is 0 Å². The molecule has 0 bridgehead atoms. The van der Waals surface area contributed by atoms with Crippen LogP contribution in [0.25, 0.3) is 0 Å². The van der Waals surface area contributed by atoms with Gasteiger partial charge < -0.3 is 10.5 Å². The Labute approximate surface area is 125 Å². The molecule has 110 valence electrons. The van der Waals surface area contributed by atoms with Crippen LogP contribution < -0.4 is 10.5 Å². The lowest BCUT2D eigenvalue weighted by Crippen LogP contribution is -2.23. The van der Waals surface area contributed by atoms with Crippen LogP contribution in [0.5, 0.6) is 5.75 Å². The Hall–Kier alpha value is -1.94. The van der Waals surface area contributed by atoms with Gasteiger partial charge in [-0.25, -0.2) is 9.97 Å². The fourth-order valence-corrected chi connectivity index (χ4v) is 2.62. The van der Waals surface area contributed by atoms with E-state index < -0.39 is 0 Å². The zero-order valence-electron chi connectivity index (χ0n) is 12.3. The first-order valence-electron chi connectivity index (χ1n) is 7.53. The molecule has 21 heavy (non-hydrogen) atoms. The Morgan fingerprint density at radius 1 is 1.29 bits per heavy atom. The number of ether oxygens (including phenoxy) is 1. The van der Waals surface area contributed by atoms with Crippen LogP contribution in [0.15, 0.2) is 36.7 Å². The van der Waals surface area contributed by atoms with Crippen LogP contribution in [0, 0.1) is 0 Å². The Balaban J connectivity index is 1.71. The molecule has 0 aliphatic carbocycles. The molecule has 4 heteroatoms. The predicted molar refractivity (Wildman–Crippen MR) is 82.4 cm³/mol. The number of hydrogen-bond acceptors (Lipinski definition) is 4. The van der Waals surface area contributed by atoms with E-state index in [0.29, 0.717) is 6.61 Å². The van der Waals surface area contributed by atoms with Crippen LogP contribution in [0.2, 0.25) is 0 Å². The molecule has 1 aliphatic heterocycles. The number of nitrogens with zero attached hydrogens (tertiary/aromatic N) is 2. The van der Waals surface area contributed by atoms with E-state index >= 15 is 0 Å². The van der Waals surface area contributed by atoms with Crippen molar-refractivity contribution in [3.8, 4) is 5.75 Å². The molecule has 0 fully saturated rings. The Bertz CT molecular complexity index is 597. The average molecular weight is 283 g/mol. The summed E-state index contributed by atoms with van der Waals surface area (Å²) in [4.78, 5) is 9.03. The lowest BCUT2D eigenvalue weighted by Gasteiger charge is -2.24. The number of fused-ring (bicyclic) bond motifs is 1. The fraction of sp³-hybridized carbons (Fsp3) is 0.412. The summed E-state index contributed by atoms with van der Waals surface area (Å²) in [6.45, 7) is 2.74. The molecule has 0 amide bonds. The van der Waals surface area contributed by atoms with Gasteiger partial charge in [-0.15, -0.1) is 0 Å². The molecular formula is C17H21N3O. The maximum Gasteiger partial charge on any atom is 0.135 e. The van der Waals surface area contributed by atoms with Crippen molar-refractivity contribution < 1.29 is 4.74 Å². The number of benzene rings is 1. The van der Waals surface area contributed by atoms with Gasteiger partial charge in [0.15, 0.2) is 0 Å². The van der Waals surface area contributed by atoms with E-state index in [0.717, 1.165) is 36.4 Å². The van der Waals surface area contributed by atoms with Crippen LogP contribution in [-0.2, 0) is 12.8 Å². The van der Waals surface area contributed by atoms with Gasteiger partial charge in [-0.05, 0) is 36.5 Å². The van der Waals surface area contributed by atoms with Gasteiger partial charge in [-0.1, -0.05) is 25.1 Å². The number of nitrogens with two attached hydrogens (primary N) is 1. The van der Waals surface area contributed by atoms with Crippen molar-refractivity contribution in [2.45, 2.75) is 38.1 Å². The van der Waals surface area contributed by atoms with Crippen molar-refractivity contribution in [2.75, 3.05) is 6.61 Å². The van der Waals surface area contributed by atoms with Crippen molar-refractivity contribution in [1.29, 1.82) is 0 Å². The molecule has 1 aromatic carbocycles. The lowest BCUT2D eigenvalue weighted by molar-refractivity contribution is 0.257. The molecule has 2 N–H and O–H groups in total.